The number of nitrogens with zero attached hydrogens (tertiary/aromatic N) is 2. The van der Waals surface area contributed by atoms with Crippen molar-refractivity contribution in [2.75, 3.05) is 0 Å². The van der Waals surface area contributed by atoms with Gasteiger partial charge < -0.3 is 9.84 Å². The van der Waals surface area contributed by atoms with Crippen molar-refractivity contribution in [3.8, 4) is 11.4 Å². The highest BCUT2D eigenvalue weighted by atomic mass is 32.2. The molecule has 0 spiro atoms. The van der Waals surface area contributed by atoms with E-state index in [4.69, 9.17) is 4.52 Å². The minimum Gasteiger partial charge on any atom is -0.346 e. The number of thioether (sulfide) groups is 1. The molecule has 1 N–H and O–H groups in total. The minimum absolute atomic E-state index is 0.0658. The molecule has 3 rings (SSSR count). The summed E-state index contributed by atoms with van der Waals surface area (Å²) in [6, 6.07) is 17.7. The van der Waals surface area contributed by atoms with Crippen LogP contribution in [0.5, 0.6) is 0 Å². The van der Waals surface area contributed by atoms with Crippen molar-refractivity contribution < 1.29 is 9.32 Å². The molecule has 0 fully saturated rings. The summed E-state index contributed by atoms with van der Waals surface area (Å²) < 4.78 is 5.22. The van der Waals surface area contributed by atoms with Crippen molar-refractivity contribution in [3.05, 3.63) is 66.1 Å². The predicted molar refractivity (Wildman–Crippen MR) is 98.1 cm³/mol. The molecule has 0 unspecified atom stereocenters. The Hall–Kier alpha value is -2.60. The smallest absolute Gasteiger partial charge is 0.246 e. The summed E-state index contributed by atoms with van der Waals surface area (Å²) in [6.45, 7) is 4.12. The van der Waals surface area contributed by atoms with Crippen LogP contribution in [0.1, 0.15) is 18.4 Å². The van der Waals surface area contributed by atoms with Crippen molar-refractivity contribution in [1.29, 1.82) is 0 Å². The van der Waals surface area contributed by atoms with Gasteiger partial charge >= 0.3 is 0 Å². The Morgan fingerprint density at radius 1 is 1.16 bits per heavy atom. The van der Waals surface area contributed by atoms with Crippen LogP contribution < -0.4 is 5.32 Å². The summed E-state index contributed by atoms with van der Waals surface area (Å²) in [7, 11) is 0. The van der Waals surface area contributed by atoms with Gasteiger partial charge in [-0.2, -0.15) is 4.98 Å². The fraction of sp³-hybridized carbons (Fsp3) is 0.211. The van der Waals surface area contributed by atoms with E-state index in [1.165, 1.54) is 17.3 Å². The number of aromatic nitrogens is 2. The molecule has 0 bridgehead atoms. The second kappa shape index (κ2) is 7.98. The minimum atomic E-state index is -0.207. The lowest BCUT2D eigenvalue weighted by molar-refractivity contribution is -0.120. The zero-order valence-corrected chi connectivity index (χ0v) is 14.9. The normalized spacial score (nSPS) is 11.9. The van der Waals surface area contributed by atoms with Gasteiger partial charge in [-0.25, -0.2) is 0 Å². The number of aryl methyl sites for hydroxylation is 1. The molecule has 6 heteroatoms. The quantitative estimate of drug-likeness (QED) is 0.682. The number of carbonyl (C=O) groups is 1. The van der Waals surface area contributed by atoms with Gasteiger partial charge in [-0.05, 0) is 26.0 Å². The van der Waals surface area contributed by atoms with Crippen LogP contribution in [0, 0.1) is 6.92 Å². The second-order valence-corrected chi connectivity index (χ2v) is 7.08. The van der Waals surface area contributed by atoms with Gasteiger partial charge in [0.25, 0.3) is 0 Å². The van der Waals surface area contributed by atoms with Crippen LogP contribution in [0.3, 0.4) is 0 Å². The first-order chi connectivity index (χ1) is 12.1. The maximum absolute atomic E-state index is 12.2. The van der Waals surface area contributed by atoms with Crippen molar-refractivity contribution in [1.82, 2.24) is 15.5 Å². The van der Waals surface area contributed by atoms with E-state index in [1.54, 1.807) is 0 Å². The van der Waals surface area contributed by atoms with Crippen LogP contribution in [-0.4, -0.2) is 21.3 Å². The highest BCUT2D eigenvalue weighted by Crippen LogP contribution is 2.22. The Labute approximate surface area is 150 Å². The van der Waals surface area contributed by atoms with E-state index < -0.39 is 0 Å². The van der Waals surface area contributed by atoms with Crippen molar-refractivity contribution in [3.63, 3.8) is 0 Å². The molecule has 0 aliphatic heterocycles. The Kier molecular flexibility index (Phi) is 5.50. The van der Waals surface area contributed by atoms with Crippen molar-refractivity contribution in [2.24, 2.45) is 0 Å². The second-order valence-electron chi connectivity index (χ2n) is 5.67. The molecule has 25 heavy (non-hydrogen) atoms. The molecule has 0 radical (unpaired) electrons. The molecule has 5 nitrogen and oxygen atoms in total. The van der Waals surface area contributed by atoms with Crippen LogP contribution in [0.2, 0.25) is 0 Å². The molecule has 0 saturated carbocycles. The lowest BCUT2D eigenvalue weighted by atomic mass is 10.1. The first kappa shape index (κ1) is 17.2. The van der Waals surface area contributed by atoms with Gasteiger partial charge in [0.05, 0.1) is 11.8 Å². The van der Waals surface area contributed by atoms with Crippen LogP contribution in [0.4, 0.5) is 0 Å². The highest BCUT2D eigenvalue weighted by Gasteiger charge is 2.15. The number of benzene rings is 2. The Balaban J connectivity index is 1.54. The third-order valence-corrected chi connectivity index (χ3v) is 4.73. The molecule has 1 atom stereocenters. The number of amides is 1. The Morgan fingerprint density at radius 2 is 1.88 bits per heavy atom. The average Bonchev–Trinajstić information content (AvgIpc) is 3.10. The van der Waals surface area contributed by atoms with E-state index >= 15 is 0 Å². The number of hydrogen-bond acceptors (Lipinski definition) is 5. The van der Waals surface area contributed by atoms with Crippen LogP contribution in [0.15, 0.2) is 64.0 Å². The number of rotatable bonds is 6. The van der Waals surface area contributed by atoms with Crippen LogP contribution in [0.25, 0.3) is 11.4 Å². The highest BCUT2D eigenvalue weighted by molar-refractivity contribution is 8.00. The maximum Gasteiger partial charge on any atom is 0.246 e. The van der Waals surface area contributed by atoms with Crippen molar-refractivity contribution >= 4 is 17.7 Å². The van der Waals surface area contributed by atoms with Gasteiger partial charge in [-0.15, -0.1) is 11.8 Å². The van der Waals surface area contributed by atoms with Gasteiger partial charge in [0.1, 0.15) is 0 Å². The monoisotopic (exact) mass is 353 g/mol. The molecule has 128 valence electrons. The van der Waals surface area contributed by atoms with Gasteiger partial charge in [0, 0.05) is 10.5 Å². The lowest BCUT2D eigenvalue weighted by Crippen LogP contribution is -2.30. The van der Waals surface area contributed by atoms with E-state index in [-0.39, 0.29) is 17.7 Å². The number of carbonyl (C=O) groups excluding carboxylic acids is 1. The molecular formula is C19H19N3O2S. The standard InChI is InChI=1S/C19H19N3O2S/c1-13-8-10-15(11-9-13)18-21-17(24-22-18)12-20-19(23)14(2)25-16-6-4-3-5-7-16/h3-11,14H,12H2,1-2H3,(H,20,23)/t14-/m1/s1. The molecule has 0 aliphatic rings. The summed E-state index contributed by atoms with van der Waals surface area (Å²) >= 11 is 1.51. The van der Waals surface area contributed by atoms with Crippen molar-refractivity contribution in [2.45, 2.75) is 30.5 Å². The summed E-state index contributed by atoms with van der Waals surface area (Å²) in [6.07, 6.45) is 0. The SMILES string of the molecule is Cc1ccc(-c2noc(CNC(=O)[C@@H](C)Sc3ccccc3)n2)cc1. The molecule has 2 aromatic carbocycles. The summed E-state index contributed by atoms with van der Waals surface area (Å²) in [5, 5.41) is 6.59. The number of nitrogens with one attached hydrogen (secondary N) is 1. The Bertz CT molecular complexity index is 831. The predicted octanol–water partition coefficient (Wildman–Crippen LogP) is 3.84. The maximum atomic E-state index is 12.2. The molecule has 1 heterocycles. The molecule has 3 aromatic rings. The molecular weight excluding hydrogens is 334 g/mol. The van der Waals surface area contributed by atoms with Gasteiger partial charge in [0.2, 0.25) is 17.6 Å². The van der Waals surface area contributed by atoms with Gasteiger partial charge in [-0.1, -0.05) is 53.2 Å². The molecule has 0 saturated heterocycles. The summed E-state index contributed by atoms with van der Waals surface area (Å²) in [4.78, 5) is 17.6. The summed E-state index contributed by atoms with van der Waals surface area (Å²) in [5.74, 6) is 0.848. The molecule has 0 aliphatic carbocycles. The Morgan fingerprint density at radius 3 is 2.60 bits per heavy atom. The van der Waals surface area contributed by atoms with Gasteiger partial charge in [-0.3, -0.25) is 4.79 Å². The average molecular weight is 353 g/mol. The van der Waals surface area contributed by atoms with E-state index in [0.717, 1.165) is 10.5 Å². The van der Waals surface area contributed by atoms with Crippen LogP contribution >= 0.6 is 11.8 Å². The third kappa shape index (κ3) is 4.70. The lowest BCUT2D eigenvalue weighted by Gasteiger charge is -2.10. The zero-order valence-electron chi connectivity index (χ0n) is 14.1. The zero-order chi connectivity index (χ0) is 17.6. The van der Waals surface area contributed by atoms with E-state index in [9.17, 15) is 4.79 Å². The fourth-order valence-corrected chi connectivity index (χ4v) is 3.12. The topological polar surface area (TPSA) is 68.0 Å². The fourth-order valence-electron chi connectivity index (χ4n) is 2.21. The summed E-state index contributed by atoms with van der Waals surface area (Å²) in [5.41, 5.74) is 2.06. The third-order valence-electron chi connectivity index (χ3n) is 3.62. The number of hydrogen-bond donors (Lipinski definition) is 1. The largest absolute Gasteiger partial charge is 0.346 e. The first-order valence-electron chi connectivity index (χ1n) is 8.01. The van der Waals surface area contributed by atoms with Crippen LogP contribution in [-0.2, 0) is 11.3 Å². The van der Waals surface area contributed by atoms with E-state index in [0.29, 0.717) is 11.7 Å². The molecule has 1 aromatic heterocycles. The van der Waals surface area contributed by atoms with E-state index in [2.05, 4.69) is 15.5 Å². The van der Waals surface area contributed by atoms with E-state index in [1.807, 2.05) is 68.4 Å². The molecule has 1 amide bonds. The first-order valence-corrected chi connectivity index (χ1v) is 8.89. The van der Waals surface area contributed by atoms with Gasteiger partial charge in [0.15, 0.2) is 0 Å².